The van der Waals surface area contributed by atoms with Crippen LogP contribution in [0.25, 0.3) is 16.8 Å². The molecule has 0 saturated carbocycles. The van der Waals surface area contributed by atoms with E-state index in [-0.39, 0.29) is 41.4 Å². The molecule has 194 valence electrons. The minimum absolute atomic E-state index is 0.0953. The van der Waals surface area contributed by atoms with Gasteiger partial charge in [0.15, 0.2) is 0 Å². The molecular weight excluding hydrogens is 465 g/mol. The fraction of sp³-hybridized carbons (Fsp3) is 0.467. The van der Waals surface area contributed by atoms with Crippen LogP contribution in [0.3, 0.4) is 0 Å². The van der Waals surface area contributed by atoms with Crippen LogP contribution in [0.1, 0.15) is 52.0 Å². The highest BCUT2D eigenvalue weighted by Crippen LogP contribution is 2.51. The Morgan fingerprint density at radius 1 is 1.14 bits per heavy atom. The summed E-state index contributed by atoms with van der Waals surface area (Å²) in [6, 6.07) is 11.5. The average molecular weight is 501 g/mol. The van der Waals surface area contributed by atoms with E-state index in [2.05, 4.69) is 26.8 Å². The van der Waals surface area contributed by atoms with Gasteiger partial charge in [-0.25, -0.2) is 0 Å². The van der Waals surface area contributed by atoms with Crippen LogP contribution in [0.15, 0.2) is 53.1 Å². The number of allylic oxidation sites excluding steroid dienone is 2. The summed E-state index contributed by atoms with van der Waals surface area (Å²) in [5, 5.41) is 22.8. The molecule has 2 N–H and O–H groups in total. The van der Waals surface area contributed by atoms with Crippen molar-refractivity contribution in [2.24, 2.45) is 23.7 Å². The molecular formula is C30H36BNO5. The van der Waals surface area contributed by atoms with E-state index in [9.17, 15) is 19.7 Å². The molecule has 2 amide bonds. The summed E-state index contributed by atoms with van der Waals surface area (Å²) in [6.45, 7) is 6.41. The van der Waals surface area contributed by atoms with Crippen molar-refractivity contribution in [3.8, 4) is 5.75 Å². The number of aromatic hydroxyl groups is 1. The summed E-state index contributed by atoms with van der Waals surface area (Å²) in [5.74, 6) is -0.608. The summed E-state index contributed by atoms with van der Waals surface area (Å²) in [5.41, 5.74) is 4.67. The molecule has 2 aromatic carbocycles. The molecule has 0 bridgehead atoms. The number of carbonyl (C=O) groups excluding carboxylic acids is 2. The van der Waals surface area contributed by atoms with Crippen LogP contribution in [0.2, 0.25) is 6.32 Å². The summed E-state index contributed by atoms with van der Waals surface area (Å²) >= 11 is 0. The van der Waals surface area contributed by atoms with E-state index >= 15 is 0 Å². The van der Waals surface area contributed by atoms with Crippen LogP contribution in [0.5, 0.6) is 5.75 Å². The zero-order chi connectivity index (χ0) is 26.4. The van der Waals surface area contributed by atoms with E-state index in [0.717, 1.165) is 34.8 Å². The summed E-state index contributed by atoms with van der Waals surface area (Å²) < 4.78 is 6.13. The molecule has 1 aliphatic carbocycles. The van der Waals surface area contributed by atoms with Gasteiger partial charge in [-0.3, -0.25) is 14.5 Å². The highest BCUT2D eigenvalue weighted by atomic mass is 16.5. The predicted octanol–water partition coefficient (Wildman–Crippen LogP) is 5.20. The lowest BCUT2D eigenvalue weighted by molar-refractivity contribution is -0.138. The van der Waals surface area contributed by atoms with Crippen LogP contribution in [0.4, 0.5) is 0 Å². The Balaban J connectivity index is 1.45. The van der Waals surface area contributed by atoms with Gasteiger partial charge in [0.05, 0.1) is 17.9 Å². The first-order valence-corrected chi connectivity index (χ1v) is 13.5. The number of imide groups is 1. The SMILES string of the molecule is CC/C(=C\c1ccc(O)c2ccccc12)CC[C@H]1OB(O)C[C@H]2C1=C(C(C)C)C[C@H]1C(=O)N(C)C(=O)[C@H]12. The number of likely N-dealkylation sites (tertiary alicyclic amines) is 1. The standard InChI is InChI=1S/C30H36BNO5/c1-5-18(14-19-11-12-25(33)21-9-7-6-8-20(19)21)10-13-26-27-22(17(2)3)15-23-28(24(27)16-31(36)37-26)30(35)32(4)29(23)34/h6-9,11-12,14,17,23-24,26,28,33,36H,5,10,13,15-16H2,1-4H3/b18-14+/t23-,24+,26-,28-/m1/s1. The molecule has 4 atom stereocenters. The zero-order valence-electron chi connectivity index (χ0n) is 22.1. The Labute approximate surface area is 219 Å². The second-order valence-electron chi connectivity index (χ2n) is 11.0. The minimum atomic E-state index is -0.949. The van der Waals surface area contributed by atoms with Gasteiger partial charge in [0.25, 0.3) is 0 Å². The molecule has 2 aliphatic heterocycles. The number of phenols is 1. The van der Waals surface area contributed by atoms with Gasteiger partial charge in [-0.05, 0) is 66.4 Å². The van der Waals surface area contributed by atoms with Crippen LogP contribution in [0, 0.1) is 23.7 Å². The van der Waals surface area contributed by atoms with Crippen molar-refractivity contribution in [1.29, 1.82) is 0 Å². The average Bonchev–Trinajstić information content (AvgIpc) is 3.10. The smallest absolute Gasteiger partial charge is 0.455 e. The molecule has 7 heteroatoms. The van der Waals surface area contributed by atoms with E-state index in [1.54, 1.807) is 13.1 Å². The van der Waals surface area contributed by atoms with Crippen molar-refractivity contribution in [3.05, 3.63) is 58.7 Å². The van der Waals surface area contributed by atoms with E-state index < -0.39 is 13.0 Å². The lowest BCUT2D eigenvalue weighted by Crippen LogP contribution is -2.46. The molecule has 2 fully saturated rings. The number of phenolic OH excluding ortho intramolecular Hbond substituents is 1. The van der Waals surface area contributed by atoms with Crippen molar-refractivity contribution in [2.75, 3.05) is 7.05 Å². The quantitative estimate of drug-likeness (QED) is 0.323. The first kappa shape index (κ1) is 25.7. The number of rotatable bonds is 6. The second kappa shape index (κ2) is 10.1. The number of hydrogen-bond donors (Lipinski definition) is 2. The highest BCUT2D eigenvalue weighted by molar-refractivity contribution is 6.43. The van der Waals surface area contributed by atoms with E-state index in [4.69, 9.17) is 4.65 Å². The molecule has 2 saturated heterocycles. The van der Waals surface area contributed by atoms with Crippen LogP contribution in [-0.4, -0.2) is 47.1 Å². The molecule has 6 nitrogen and oxygen atoms in total. The van der Waals surface area contributed by atoms with Gasteiger partial charge in [0.2, 0.25) is 11.8 Å². The third kappa shape index (κ3) is 4.53. The Kier molecular flexibility index (Phi) is 7.03. The highest BCUT2D eigenvalue weighted by Gasteiger charge is 2.56. The normalized spacial score (nSPS) is 26.4. The lowest BCUT2D eigenvalue weighted by Gasteiger charge is -2.44. The molecule has 0 radical (unpaired) electrons. The van der Waals surface area contributed by atoms with E-state index in [1.807, 2.05) is 30.3 Å². The molecule has 0 aromatic heterocycles. The molecule has 2 aromatic rings. The second-order valence-corrected chi connectivity index (χ2v) is 11.0. The number of fused-ring (bicyclic) bond motifs is 4. The van der Waals surface area contributed by atoms with Crippen molar-refractivity contribution < 1.29 is 24.4 Å². The zero-order valence-corrected chi connectivity index (χ0v) is 22.1. The molecule has 37 heavy (non-hydrogen) atoms. The maximum absolute atomic E-state index is 13.1. The Morgan fingerprint density at radius 2 is 1.86 bits per heavy atom. The van der Waals surface area contributed by atoms with Gasteiger partial charge in [0.1, 0.15) is 5.75 Å². The maximum Gasteiger partial charge on any atom is 0.455 e. The van der Waals surface area contributed by atoms with E-state index in [1.165, 1.54) is 16.0 Å². The third-order valence-electron chi connectivity index (χ3n) is 8.64. The maximum atomic E-state index is 13.1. The predicted molar refractivity (Wildman–Crippen MR) is 145 cm³/mol. The molecule has 2 heterocycles. The van der Waals surface area contributed by atoms with Gasteiger partial charge in [-0.1, -0.05) is 68.3 Å². The summed E-state index contributed by atoms with van der Waals surface area (Å²) in [7, 11) is 0.630. The minimum Gasteiger partial charge on any atom is -0.507 e. The van der Waals surface area contributed by atoms with Crippen molar-refractivity contribution in [1.82, 2.24) is 4.90 Å². The first-order valence-electron chi connectivity index (χ1n) is 13.5. The van der Waals surface area contributed by atoms with Crippen LogP contribution < -0.4 is 0 Å². The van der Waals surface area contributed by atoms with Gasteiger partial charge < -0.3 is 14.8 Å². The van der Waals surface area contributed by atoms with Crippen molar-refractivity contribution in [2.45, 2.75) is 58.9 Å². The number of carbonyl (C=O) groups is 2. The summed E-state index contributed by atoms with van der Waals surface area (Å²) in [6.07, 6.45) is 5.21. The van der Waals surface area contributed by atoms with Gasteiger partial charge in [-0.15, -0.1) is 0 Å². The Morgan fingerprint density at radius 3 is 2.57 bits per heavy atom. The Hall–Kier alpha value is -2.90. The molecule has 0 spiro atoms. The first-order chi connectivity index (χ1) is 17.7. The molecule has 5 rings (SSSR count). The third-order valence-corrected chi connectivity index (χ3v) is 8.64. The summed E-state index contributed by atoms with van der Waals surface area (Å²) in [4.78, 5) is 27.2. The molecule has 0 unspecified atom stereocenters. The fourth-order valence-corrected chi connectivity index (χ4v) is 6.73. The monoisotopic (exact) mass is 501 g/mol. The van der Waals surface area contributed by atoms with Gasteiger partial charge in [0, 0.05) is 12.4 Å². The number of hydrogen-bond acceptors (Lipinski definition) is 5. The van der Waals surface area contributed by atoms with Crippen LogP contribution in [-0.2, 0) is 14.2 Å². The number of nitrogens with zero attached hydrogens (tertiary/aromatic N) is 1. The molecule has 3 aliphatic rings. The largest absolute Gasteiger partial charge is 0.507 e. The van der Waals surface area contributed by atoms with Gasteiger partial charge >= 0.3 is 7.12 Å². The fourth-order valence-electron chi connectivity index (χ4n) is 6.73. The van der Waals surface area contributed by atoms with Crippen molar-refractivity contribution in [3.63, 3.8) is 0 Å². The number of amides is 2. The Bertz CT molecular complexity index is 1300. The topological polar surface area (TPSA) is 87.1 Å². The van der Waals surface area contributed by atoms with E-state index in [0.29, 0.717) is 19.2 Å². The van der Waals surface area contributed by atoms with Crippen LogP contribution >= 0.6 is 0 Å². The van der Waals surface area contributed by atoms with Gasteiger partial charge in [-0.2, -0.15) is 0 Å². The lowest BCUT2D eigenvalue weighted by atomic mass is 9.57. The van der Waals surface area contributed by atoms with Crippen molar-refractivity contribution >= 4 is 35.8 Å². The number of benzene rings is 2.